The minimum atomic E-state index is -0.665. The first kappa shape index (κ1) is 15.6. The second-order valence-corrected chi connectivity index (χ2v) is 5.13. The molecule has 0 aliphatic carbocycles. The van der Waals surface area contributed by atoms with E-state index in [2.05, 4.69) is 4.98 Å². The highest BCUT2D eigenvalue weighted by molar-refractivity contribution is 5.48. The van der Waals surface area contributed by atoms with Crippen LogP contribution in [0.5, 0.6) is 5.75 Å². The lowest BCUT2D eigenvalue weighted by Gasteiger charge is -2.08. The van der Waals surface area contributed by atoms with Crippen LogP contribution in [0, 0.1) is 22.9 Å². The van der Waals surface area contributed by atoms with E-state index in [4.69, 9.17) is 4.74 Å². The molecule has 3 rings (SSSR count). The number of halogens is 1. The van der Waals surface area contributed by atoms with Gasteiger partial charge in [0.15, 0.2) is 5.75 Å². The number of aryl methyl sites for hydroxylation is 1. The summed E-state index contributed by atoms with van der Waals surface area (Å²) in [5.41, 5.74) is 0.916. The first-order chi connectivity index (χ1) is 11.5. The lowest BCUT2D eigenvalue weighted by molar-refractivity contribution is -0.386. The normalized spacial score (nSPS) is 10.8. The fourth-order valence-electron chi connectivity index (χ4n) is 2.29. The molecular formula is C16H12FN3O4. The molecule has 2 aromatic heterocycles. The summed E-state index contributed by atoms with van der Waals surface area (Å²) in [6, 6.07) is 7.75. The monoisotopic (exact) mass is 329 g/mol. The van der Waals surface area contributed by atoms with Gasteiger partial charge in [-0.25, -0.2) is 9.37 Å². The van der Waals surface area contributed by atoms with Crippen molar-refractivity contribution in [2.75, 3.05) is 0 Å². The number of rotatable bonds is 4. The van der Waals surface area contributed by atoms with Gasteiger partial charge >= 0.3 is 5.69 Å². The predicted octanol–water partition coefficient (Wildman–Crippen LogP) is 2.63. The molecule has 122 valence electrons. The van der Waals surface area contributed by atoms with Crippen molar-refractivity contribution in [3.8, 4) is 5.75 Å². The minimum absolute atomic E-state index is 0.190. The van der Waals surface area contributed by atoms with Gasteiger partial charge in [-0.2, -0.15) is 0 Å². The quantitative estimate of drug-likeness (QED) is 0.542. The van der Waals surface area contributed by atoms with Crippen LogP contribution in [0.2, 0.25) is 0 Å². The molecule has 1 aromatic carbocycles. The van der Waals surface area contributed by atoms with Crippen molar-refractivity contribution in [3.05, 3.63) is 80.1 Å². The van der Waals surface area contributed by atoms with Crippen LogP contribution in [0.15, 0.2) is 47.4 Å². The molecule has 7 nitrogen and oxygen atoms in total. The predicted molar refractivity (Wildman–Crippen MR) is 83.6 cm³/mol. The van der Waals surface area contributed by atoms with Crippen molar-refractivity contribution in [2.24, 2.45) is 0 Å². The van der Waals surface area contributed by atoms with Gasteiger partial charge in [-0.3, -0.25) is 19.3 Å². The molecule has 24 heavy (non-hydrogen) atoms. The van der Waals surface area contributed by atoms with Gasteiger partial charge < -0.3 is 4.74 Å². The summed E-state index contributed by atoms with van der Waals surface area (Å²) in [5.74, 6) is -0.871. The molecule has 3 aromatic rings. The Morgan fingerprint density at radius 2 is 2.12 bits per heavy atom. The fraction of sp³-hybridized carbons (Fsp3) is 0.125. The Balaban J connectivity index is 1.95. The molecule has 0 amide bonds. The van der Waals surface area contributed by atoms with Crippen LogP contribution < -0.4 is 10.3 Å². The second-order valence-electron chi connectivity index (χ2n) is 5.13. The van der Waals surface area contributed by atoms with Crippen molar-refractivity contribution < 1.29 is 14.1 Å². The van der Waals surface area contributed by atoms with Crippen molar-refractivity contribution in [2.45, 2.75) is 13.5 Å². The highest BCUT2D eigenvalue weighted by atomic mass is 19.1. The van der Waals surface area contributed by atoms with Crippen molar-refractivity contribution in [3.63, 3.8) is 0 Å². The Kier molecular flexibility index (Phi) is 3.95. The number of hydrogen-bond acceptors (Lipinski definition) is 5. The number of hydrogen-bond donors (Lipinski definition) is 0. The van der Waals surface area contributed by atoms with E-state index in [1.165, 1.54) is 10.5 Å². The van der Waals surface area contributed by atoms with E-state index in [0.29, 0.717) is 11.3 Å². The summed E-state index contributed by atoms with van der Waals surface area (Å²) in [4.78, 5) is 26.7. The van der Waals surface area contributed by atoms with Crippen LogP contribution in [0.4, 0.5) is 10.1 Å². The van der Waals surface area contributed by atoms with Gasteiger partial charge in [0.05, 0.1) is 10.6 Å². The minimum Gasteiger partial charge on any atom is -0.480 e. The molecule has 0 spiro atoms. The third-order valence-electron chi connectivity index (χ3n) is 3.43. The zero-order valence-electron chi connectivity index (χ0n) is 12.6. The smallest absolute Gasteiger partial charge is 0.311 e. The maximum Gasteiger partial charge on any atom is 0.311 e. The van der Waals surface area contributed by atoms with Crippen LogP contribution in [0.25, 0.3) is 5.65 Å². The molecule has 0 N–H and O–H groups in total. The third kappa shape index (κ3) is 2.94. The van der Waals surface area contributed by atoms with Crippen molar-refractivity contribution >= 4 is 11.3 Å². The van der Waals surface area contributed by atoms with Gasteiger partial charge in [-0.05, 0) is 24.6 Å². The summed E-state index contributed by atoms with van der Waals surface area (Å²) in [7, 11) is 0. The number of benzene rings is 1. The van der Waals surface area contributed by atoms with Crippen LogP contribution in [-0.2, 0) is 6.61 Å². The Hall–Kier alpha value is -3.29. The first-order valence-corrected chi connectivity index (χ1v) is 7.00. The average molecular weight is 329 g/mol. The number of aromatic nitrogens is 2. The lowest BCUT2D eigenvalue weighted by atomic mass is 10.3. The van der Waals surface area contributed by atoms with Crippen molar-refractivity contribution in [1.82, 2.24) is 9.38 Å². The molecule has 0 unspecified atom stereocenters. The van der Waals surface area contributed by atoms with Gasteiger partial charge in [-0.15, -0.1) is 0 Å². The summed E-state index contributed by atoms with van der Waals surface area (Å²) >= 11 is 0. The van der Waals surface area contributed by atoms with Gasteiger partial charge in [0, 0.05) is 24.4 Å². The molecule has 0 aliphatic rings. The number of ether oxygens (including phenoxy) is 1. The lowest BCUT2D eigenvalue weighted by Crippen LogP contribution is -2.17. The summed E-state index contributed by atoms with van der Waals surface area (Å²) in [6.45, 7) is 1.62. The van der Waals surface area contributed by atoms with Gasteiger partial charge in [-0.1, -0.05) is 6.07 Å². The van der Waals surface area contributed by atoms with E-state index in [9.17, 15) is 19.3 Å². The Labute approximate surface area is 135 Å². The molecule has 0 fully saturated rings. The van der Waals surface area contributed by atoms with Gasteiger partial charge in [0.25, 0.3) is 5.56 Å². The topological polar surface area (TPSA) is 86.7 Å². The van der Waals surface area contributed by atoms with Crippen molar-refractivity contribution in [1.29, 1.82) is 0 Å². The number of fused-ring (bicyclic) bond motifs is 1. The van der Waals surface area contributed by atoms with E-state index in [1.807, 2.05) is 13.0 Å². The summed E-state index contributed by atoms with van der Waals surface area (Å²) in [6.07, 6.45) is 1.60. The molecule has 0 aliphatic heterocycles. The maximum atomic E-state index is 13.3. The number of pyridine rings is 1. The molecule has 0 bridgehead atoms. The summed E-state index contributed by atoms with van der Waals surface area (Å²) < 4.78 is 20.0. The van der Waals surface area contributed by atoms with Crippen LogP contribution in [0.3, 0.4) is 0 Å². The zero-order valence-corrected chi connectivity index (χ0v) is 12.6. The number of nitro benzene ring substituents is 1. The third-order valence-corrected chi connectivity index (χ3v) is 3.43. The number of nitrogens with zero attached hydrogens (tertiary/aromatic N) is 3. The molecule has 0 atom stereocenters. The zero-order chi connectivity index (χ0) is 17.3. The van der Waals surface area contributed by atoms with E-state index >= 15 is 0 Å². The van der Waals surface area contributed by atoms with Crippen LogP contribution in [0.1, 0.15) is 11.3 Å². The molecule has 0 saturated carbocycles. The highest BCUT2D eigenvalue weighted by Crippen LogP contribution is 2.28. The SMILES string of the molecule is Cc1cccn2c(=O)cc(COc3cc(F)ccc3[N+](=O)[O-])nc12. The first-order valence-electron chi connectivity index (χ1n) is 7.00. The Bertz CT molecular complexity index is 1000. The molecular weight excluding hydrogens is 317 g/mol. The van der Waals surface area contributed by atoms with Gasteiger partial charge in [0.2, 0.25) is 0 Å². The fourth-order valence-corrected chi connectivity index (χ4v) is 2.29. The van der Waals surface area contributed by atoms with Gasteiger partial charge in [0.1, 0.15) is 18.1 Å². The maximum absolute atomic E-state index is 13.3. The van der Waals surface area contributed by atoms with Crippen LogP contribution in [-0.4, -0.2) is 14.3 Å². The van der Waals surface area contributed by atoms with Crippen LogP contribution >= 0.6 is 0 Å². The Morgan fingerprint density at radius 1 is 1.33 bits per heavy atom. The second kappa shape index (κ2) is 6.07. The van der Waals surface area contributed by atoms with E-state index in [0.717, 1.165) is 23.8 Å². The van der Waals surface area contributed by atoms with E-state index < -0.39 is 10.7 Å². The van der Waals surface area contributed by atoms with E-state index in [-0.39, 0.29) is 23.6 Å². The molecule has 2 heterocycles. The standard InChI is InChI=1S/C16H12FN3O4/c1-10-3-2-6-19-15(21)8-12(18-16(10)19)9-24-14-7-11(17)4-5-13(14)20(22)23/h2-8H,9H2,1H3. The number of nitro groups is 1. The van der Waals surface area contributed by atoms with E-state index in [1.54, 1.807) is 12.3 Å². The molecule has 0 saturated heterocycles. The largest absolute Gasteiger partial charge is 0.480 e. The molecule has 8 heteroatoms. The molecule has 0 radical (unpaired) electrons. The average Bonchev–Trinajstić information content (AvgIpc) is 2.54. The summed E-state index contributed by atoms with van der Waals surface area (Å²) in [5, 5.41) is 11.0. The highest BCUT2D eigenvalue weighted by Gasteiger charge is 2.16. The Morgan fingerprint density at radius 3 is 2.88 bits per heavy atom.